The van der Waals surface area contributed by atoms with Crippen LogP contribution >= 0.6 is 0 Å². The Labute approximate surface area is 108 Å². The highest BCUT2D eigenvalue weighted by atomic mass is 15.3. The first-order valence-corrected chi connectivity index (χ1v) is 7.34. The van der Waals surface area contributed by atoms with E-state index in [1.807, 2.05) is 0 Å². The highest BCUT2D eigenvalue weighted by Gasteiger charge is 2.21. The molecular formula is C14H31N3. The van der Waals surface area contributed by atoms with Crippen LogP contribution in [0, 0.1) is 0 Å². The second-order valence-electron chi connectivity index (χ2n) is 5.51. The summed E-state index contributed by atoms with van der Waals surface area (Å²) in [5.41, 5.74) is 0. The van der Waals surface area contributed by atoms with E-state index in [0.717, 1.165) is 12.6 Å². The lowest BCUT2D eigenvalue weighted by Gasteiger charge is -2.39. The average Bonchev–Trinajstić information content (AvgIpc) is 2.34. The number of piperazine rings is 1. The van der Waals surface area contributed by atoms with E-state index in [1.165, 1.54) is 45.6 Å². The standard InChI is InChI=1S/C14H31N3/c1-5-15-8-6-7-14(4)17-11-9-16(10-12-17)13(2)3/h13-15H,5-12H2,1-4H3. The zero-order chi connectivity index (χ0) is 12.7. The van der Waals surface area contributed by atoms with Crippen molar-refractivity contribution in [2.24, 2.45) is 0 Å². The van der Waals surface area contributed by atoms with Gasteiger partial charge in [0.2, 0.25) is 0 Å². The molecule has 102 valence electrons. The number of rotatable bonds is 7. The van der Waals surface area contributed by atoms with Crippen molar-refractivity contribution in [2.45, 2.75) is 52.6 Å². The van der Waals surface area contributed by atoms with Crippen LogP contribution in [-0.4, -0.2) is 61.2 Å². The summed E-state index contributed by atoms with van der Waals surface area (Å²) in [6.07, 6.45) is 2.63. The zero-order valence-corrected chi connectivity index (χ0v) is 12.2. The summed E-state index contributed by atoms with van der Waals surface area (Å²) in [7, 11) is 0. The molecule has 3 nitrogen and oxygen atoms in total. The van der Waals surface area contributed by atoms with Crippen molar-refractivity contribution in [3.63, 3.8) is 0 Å². The molecule has 1 N–H and O–H groups in total. The van der Waals surface area contributed by atoms with E-state index in [0.29, 0.717) is 6.04 Å². The van der Waals surface area contributed by atoms with Crippen molar-refractivity contribution in [3.05, 3.63) is 0 Å². The molecule has 1 aliphatic heterocycles. The molecule has 1 unspecified atom stereocenters. The van der Waals surface area contributed by atoms with Crippen molar-refractivity contribution in [3.8, 4) is 0 Å². The van der Waals surface area contributed by atoms with Gasteiger partial charge in [-0.2, -0.15) is 0 Å². The Morgan fingerprint density at radius 3 is 2.12 bits per heavy atom. The lowest BCUT2D eigenvalue weighted by molar-refractivity contribution is 0.0801. The molecule has 0 aromatic heterocycles. The molecular weight excluding hydrogens is 210 g/mol. The predicted molar refractivity (Wildman–Crippen MR) is 75.5 cm³/mol. The van der Waals surface area contributed by atoms with E-state index in [9.17, 15) is 0 Å². The van der Waals surface area contributed by atoms with Crippen LogP contribution in [0.3, 0.4) is 0 Å². The summed E-state index contributed by atoms with van der Waals surface area (Å²) in [6.45, 7) is 16.4. The third-order valence-electron chi connectivity index (χ3n) is 3.93. The van der Waals surface area contributed by atoms with Crippen LogP contribution in [0.25, 0.3) is 0 Å². The Bertz CT molecular complexity index is 186. The van der Waals surface area contributed by atoms with Gasteiger partial charge in [0, 0.05) is 38.3 Å². The molecule has 1 heterocycles. The summed E-state index contributed by atoms with van der Waals surface area (Å²) in [5, 5.41) is 3.40. The number of nitrogens with zero attached hydrogens (tertiary/aromatic N) is 2. The maximum Gasteiger partial charge on any atom is 0.0113 e. The smallest absolute Gasteiger partial charge is 0.0113 e. The molecule has 3 heteroatoms. The summed E-state index contributed by atoms with van der Waals surface area (Å²) < 4.78 is 0. The second kappa shape index (κ2) is 8.06. The van der Waals surface area contributed by atoms with E-state index < -0.39 is 0 Å². The third-order valence-corrected chi connectivity index (χ3v) is 3.93. The highest BCUT2D eigenvalue weighted by molar-refractivity contribution is 4.77. The van der Waals surface area contributed by atoms with Gasteiger partial charge < -0.3 is 5.32 Å². The van der Waals surface area contributed by atoms with E-state index in [4.69, 9.17) is 0 Å². The first-order valence-electron chi connectivity index (χ1n) is 7.34. The molecule has 1 saturated heterocycles. The summed E-state index contributed by atoms with van der Waals surface area (Å²) in [6, 6.07) is 1.46. The highest BCUT2D eigenvalue weighted by Crippen LogP contribution is 2.12. The fourth-order valence-corrected chi connectivity index (χ4v) is 2.58. The minimum atomic E-state index is 0.709. The van der Waals surface area contributed by atoms with E-state index >= 15 is 0 Å². The van der Waals surface area contributed by atoms with Gasteiger partial charge in [0.1, 0.15) is 0 Å². The lowest BCUT2D eigenvalue weighted by atomic mass is 10.1. The van der Waals surface area contributed by atoms with Crippen molar-refractivity contribution in [2.75, 3.05) is 39.3 Å². The Kier molecular flexibility index (Phi) is 7.09. The van der Waals surface area contributed by atoms with Crippen LogP contribution in [0.15, 0.2) is 0 Å². The van der Waals surface area contributed by atoms with E-state index in [1.54, 1.807) is 0 Å². The molecule has 0 saturated carbocycles. The van der Waals surface area contributed by atoms with Crippen LogP contribution in [0.5, 0.6) is 0 Å². The van der Waals surface area contributed by atoms with Gasteiger partial charge in [0.15, 0.2) is 0 Å². The van der Waals surface area contributed by atoms with Gasteiger partial charge in [-0.3, -0.25) is 9.80 Å². The maximum atomic E-state index is 3.40. The van der Waals surface area contributed by atoms with Gasteiger partial charge in [-0.25, -0.2) is 0 Å². The molecule has 0 aromatic rings. The van der Waals surface area contributed by atoms with Crippen LogP contribution in [-0.2, 0) is 0 Å². The Balaban J connectivity index is 2.14. The zero-order valence-electron chi connectivity index (χ0n) is 12.2. The Morgan fingerprint density at radius 2 is 1.59 bits per heavy atom. The van der Waals surface area contributed by atoms with Crippen molar-refractivity contribution >= 4 is 0 Å². The fraction of sp³-hybridized carbons (Fsp3) is 1.00. The largest absolute Gasteiger partial charge is 0.317 e. The van der Waals surface area contributed by atoms with Gasteiger partial charge in [-0.05, 0) is 46.7 Å². The maximum absolute atomic E-state index is 3.40. The molecule has 0 bridgehead atoms. The molecule has 1 aliphatic rings. The molecule has 0 aromatic carbocycles. The predicted octanol–water partition coefficient (Wildman–Crippen LogP) is 1.79. The average molecular weight is 241 g/mol. The Morgan fingerprint density at radius 1 is 1.00 bits per heavy atom. The van der Waals surface area contributed by atoms with Crippen molar-refractivity contribution in [1.82, 2.24) is 15.1 Å². The van der Waals surface area contributed by atoms with Crippen LogP contribution in [0.2, 0.25) is 0 Å². The van der Waals surface area contributed by atoms with Gasteiger partial charge in [-0.15, -0.1) is 0 Å². The lowest BCUT2D eigenvalue weighted by Crippen LogP contribution is -2.51. The van der Waals surface area contributed by atoms with Gasteiger partial charge in [0.05, 0.1) is 0 Å². The topological polar surface area (TPSA) is 18.5 Å². The first-order chi connectivity index (χ1) is 8.15. The van der Waals surface area contributed by atoms with E-state index in [-0.39, 0.29) is 0 Å². The fourth-order valence-electron chi connectivity index (χ4n) is 2.58. The van der Waals surface area contributed by atoms with Crippen LogP contribution in [0.4, 0.5) is 0 Å². The number of nitrogens with one attached hydrogen (secondary N) is 1. The molecule has 1 rings (SSSR count). The second-order valence-corrected chi connectivity index (χ2v) is 5.51. The molecule has 0 amide bonds. The van der Waals surface area contributed by atoms with Gasteiger partial charge in [-0.1, -0.05) is 6.92 Å². The third kappa shape index (κ3) is 5.36. The Hall–Kier alpha value is -0.120. The molecule has 0 aliphatic carbocycles. The normalized spacial score (nSPS) is 21.0. The summed E-state index contributed by atoms with van der Waals surface area (Å²) >= 11 is 0. The number of hydrogen-bond donors (Lipinski definition) is 1. The molecule has 1 atom stereocenters. The van der Waals surface area contributed by atoms with Gasteiger partial charge >= 0.3 is 0 Å². The minimum absolute atomic E-state index is 0.709. The first kappa shape index (κ1) is 14.9. The summed E-state index contributed by atoms with van der Waals surface area (Å²) in [4.78, 5) is 5.24. The molecule has 0 spiro atoms. The summed E-state index contributed by atoms with van der Waals surface area (Å²) in [5.74, 6) is 0. The van der Waals surface area contributed by atoms with E-state index in [2.05, 4.69) is 42.8 Å². The van der Waals surface area contributed by atoms with Crippen molar-refractivity contribution in [1.29, 1.82) is 0 Å². The monoisotopic (exact) mass is 241 g/mol. The number of hydrogen-bond acceptors (Lipinski definition) is 3. The van der Waals surface area contributed by atoms with Crippen LogP contribution in [0.1, 0.15) is 40.5 Å². The van der Waals surface area contributed by atoms with Gasteiger partial charge in [0.25, 0.3) is 0 Å². The minimum Gasteiger partial charge on any atom is -0.317 e. The molecule has 17 heavy (non-hydrogen) atoms. The molecule has 1 fully saturated rings. The molecule has 0 radical (unpaired) electrons. The van der Waals surface area contributed by atoms with Crippen LogP contribution < -0.4 is 5.32 Å². The quantitative estimate of drug-likeness (QED) is 0.686. The van der Waals surface area contributed by atoms with Crippen molar-refractivity contribution < 1.29 is 0 Å². The SMILES string of the molecule is CCNCCCC(C)N1CCN(C(C)C)CC1.